The van der Waals surface area contributed by atoms with Crippen LogP contribution in [0.2, 0.25) is 0 Å². The van der Waals surface area contributed by atoms with Gasteiger partial charge in [-0.05, 0) is 12.3 Å². The highest BCUT2D eigenvalue weighted by atomic mass is 31.2. The van der Waals surface area contributed by atoms with Gasteiger partial charge in [-0.2, -0.15) is 0 Å². The third kappa shape index (κ3) is 17.3. The van der Waals surface area contributed by atoms with Crippen LogP contribution in [0.3, 0.4) is 0 Å². The van der Waals surface area contributed by atoms with Crippen LogP contribution in [0.5, 0.6) is 0 Å². The van der Waals surface area contributed by atoms with Gasteiger partial charge in [0, 0.05) is 12.8 Å². The van der Waals surface area contributed by atoms with Crippen molar-refractivity contribution in [1.82, 2.24) is 0 Å². The van der Waals surface area contributed by atoms with Crippen molar-refractivity contribution in [3.05, 3.63) is 0 Å². The van der Waals surface area contributed by atoms with Gasteiger partial charge in [0.25, 0.3) is 0 Å². The van der Waals surface area contributed by atoms with Crippen LogP contribution in [0.15, 0.2) is 0 Å². The predicted molar refractivity (Wildman–Crippen MR) is 135 cm³/mol. The predicted octanol–water partition coefficient (Wildman–Crippen LogP) is 7.94. The van der Waals surface area contributed by atoms with Crippen LogP contribution < -0.4 is 0 Å². The molecule has 1 aliphatic rings. The highest BCUT2D eigenvalue weighted by molar-refractivity contribution is 7.52. The molecule has 1 N–H and O–H groups in total. The minimum absolute atomic E-state index is 0.353. The van der Waals surface area contributed by atoms with Gasteiger partial charge in [0.2, 0.25) is 0 Å². The molecule has 0 aromatic carbocycles. The molecule has 1 aliphatic heterocycles. The summed E-state index contributed by atoms with van der Waals surface area (Å²) in [6.45, 7) is 4.93. The number of likely N-dealkylation sites (tertiary alicyclic amines) is 1. The van der Waals surface area contributed by atoms with Crippen LogP contribution in [0.25, 0.3) is 0 Å². The second-order valence-corrected chi connectivity index (χ2v) is 12.7. The molecular weight excluding hydrogens is 405 g/mol. The Bertz CT molecular complexity index is 460. The number of rotatable bonds is 20. The van der Waals surface area contributed by atoms with Crippen LogP contribution in [0.4, 0.5) is 0 Å². The number of nitrogens with zero attached hydrogens (tertiary/aromatic N) is 1. The highest BCUT2D eigenvalue weighted by Crippen LogP contribution is 2.46. The molecule has 5 heteroatoms. The standard InChI is InChI=1S/C26H54NO3P/c1-4-5-6-7-8-9-10-11-12-13-14-15-16-17-18-19-24-30-31(28,29)25-26-20-22-27(2,3)23-21-26/h26H,4-25H2,1-3H3/p+1. The molecular formula is C26H55NO3P+. The van der Waals surface area contributed by atoms with E-state index in [9.17, 15) is 9.46 Å². The number of unbranched alkanes of at least 4 members (excludes halogenated alkanes) is 15. The van der Waals surface area contributed by atoms with Crippen molar-refractivity contribution in [3.63, 3.8) is 0 Å². The van der Waals surface area contributed by atoms with Crippen molar-refractivity contribution >= 4 is 7.60 Å². The molecule has 0 saturated carbocycles. The zero-order valence-electron chi connectivity index (χ0n) is 21.3. The normalized spacial score (nSPS) is 18.8. The van der Waals surface area contributed by atoms with E-state index in [0.29, 0.717) is 18.7 Å². The molecule has 1 atom stereocenters. The number of hydrogen-bond donors (Lipinski definition) is 1. The largest absolute Gasteiger partial charge is 0.328 e. The van der Waals surface area contributed by atoms with Gasteiger partial charge < -0.3 is 13.9 Å². The molecule has 186 valence electrons. The van der Waals surface area contributed by atoms with E-state index in [4.69, 9.17) is 4.52 Å². The summed E-state index contributed by atoms with van der Waals surface area (Å²) in [5, 5.41) is 0. The Morgan fingerprint density at radius 3 is 1.55 bits per heavy atom. The molecule has 1 unspecified atom stereocenters. The molecule has 31 heavy (non-hydrogen) atoms. The average molecular weight is 461 g/mol. The summed E-state index contributed by atoms with van der Waals surface area (Å²) in [7, 11) is 1.08. The highest BCUT2D eigenvalue weighted by Gasteiger charge is 2.32. The molecule has 0 aromatic heterocycles. The van der Waals surface area contributed by atoms with E-state index in [1.807, 2.05) is 0 Å². The van der Waals surface area contributed by atoms with Gasteiger partial charge in [-0.3, -0.25) is 4.57 Å². The summed E-state index contributed by atoms with van der Waals surface area (Å²) < 4.78 is 18.8. The molecule has 1 fully saturated rings. The van der Waals surface area contributed by atoms with Crippen molar-refractivity contribution in [3.8, 4) is 0 Å². The van der Waals surface area contributed by atoms with E-state index in [1.165, 1.54) is 89.9 Å². The van der Waals surface area contributed by atoms with Crippen molar-refractivity contribution in [2.75, 3.05) is 40.0 Å². The topological polar surface area (TPSA) is 46.5 Å². The molecule has 0 radical (unpaired) electrons. The zero-order chi connectivity index (χ0) is 22.8. The first-order chi connectivity index (χ1) is 14.8. The summed E-state index contributed by atoms with van der Waals surface area (Å²) in [6.07, 6.45) is 23.9. The van der Waals surface area contributed by atoms with Gasteiger partial charge in [-0.15, -0.1) is 0 Å². The minimum Gasteiger partial charge on any atom is -0.328 e. The quantitative estimate of drug-likeness (QED) is 0.114. The molecule has 0 amide bonds. The maximum atomic E-state index is 12.3. The second kappa shape index (κ2) is 17.6. The van der Waals surface area contributed by atoms with E-state index in [0.717, 1.165) is 43.3 Å². The van der Waals surface area contributed by atoms with E-state index in [2.05, 4.69) is 21.0 Å². The van der Waals surface area contributed by atoms with Crippen molar-refractivity contribution in [2.45, 2.75) is 122 Å². The summed E-state index contributed by atoms with van der Waals surface area (Å²) in [4.78, 5) is 10.2. The minimum atomic E-state index is -3.40. The van der Waals surface area contributed by atoms with E-state index in [-0.39, 0.29) is 0 Å². The van der Waals surface area contributed by atoms with Gasteiger partial charge in [0.05, 0.1) is 40.0 Å². The zero-order valence-corrected chi connectivity index (χ0v) is 22.2. The molecule has 0 aliphatic carbocycles. The van der Waals surface area contributed by atoms with Gasteiger partial charge in [0.15, 0.2) is 0 Å². The van der Waals surface area contributed by atoms with E-state index < -0.39 is 7.60 Å². The number of hydrogen-bond acceptors (Lipinski definition) is 2. The Kier molecular flexibility index (Phi) is 16.5. The Hall–Kier alpha value is 0.110. The van der Waals surface area contributed by atoms with Gasteiger partial charge in [0.1, 0.15) is 0 Å². The first-order valence-corrected chi connectivity index (χ1v) is 15.4. The second-order valence-electron chi connectivity index (χ2n) is 10.8. The van der Waals surface area contributed by atoms with Gasteiger partial charge >= 0.3 is 7.60 Å². The monoisotopic (exact) mass is 460 g/mol. The van der Waals surface area contributed by atoms with Crippen LogP contribution in [0.1, 0.15) is 122 Å². The van der Waals surface area contributed by atoms with E-state index in [1.54, 1.807) is 0 Å². The van der Waals surface area contributed by atoms with Crippen molar-refractivity contribution < 1.29 is 18.5 Å². The average Bonchev–Trinajstić information content (AvgIpc) is 2.72. The fourth-order valence-corrected chi connectivity index (χ4v) is 6.28. The Balaban J connectivity index is 1.83. The lowest BCUT2D eigenvalue weighted by molar-refractivity contribution is -0.896. The van der Waals surface area contributed by atoms with Crippen LogP contribution >= 0.6 is 7.60 Å². The maximum Gasteiger partial charge on any atom is 0.328 e. The fraction of sp³-hybridized carbons (Fsp3) is 1.00. The first-order valence-electron chi connectivity index (χ1n) is 13.6. The fourth-order valence-electron chi connectivity index (χ4n) is 4.74. The number of piperidine rings is 1. The Labute approximate surface area is 194 Å². The summed E-state index contributed by atoms with van der Waals surface area (Å²) in [5.41, 5.74) is 0. The Morgan fingerprint density at radius 1 is 0.742 bits per heavy atom. The maximum absolute atomic E-state index is 12.3. The molecule has 4 nitrogen and oxygen atoms in total. The van der Waals surface area contributed by atoms with Crippen LogP contribution in [-0.2, 0) is 9.09 Å². The van der Waals surface area contributed by atoms with E-state index >= 15 is 0 Å². The SMILES string of the molecule is CCCCCCCCCCCCCCCCCCOP(=O)(O)CC1CC[N+](C)(C)CC1. The van der Waals surface area contributed by atoms with Crippen LogP contribution in [0, 0.1) is 5.92 Å². The third-order valence-corrected chi connectivity index (χ3v) is 8.63. The lowest BCUT2D eigenvalue weighted by Crippen LogP contribution is -2.46. The third-order valence-electron chi connectivity index (χ3n) is 7.07. The molecule has 1 rings (SSSR count). The lowest BCUT2D eigenvalue weighted by Gasteiger charge is -2.37. The van der Waals surface area contributed by atoms with Gasteiger partial charge in [-0.25, -0.2) is 0 Å². The molecule has 0 spiro atoms. The van der Waals surface area contributed by atoms with Crippen LogP contribution in [-0.4, -0.2) is 49.3 Å². The lowest BCUT2D eigenvalue weighted by atomic mass is 9.98. The first kappa shape index (κ1) is 29.1. The Morgan fingerprint density at radius 2 is 1.13 bits per heavy atom. The summed E-state index contributed by atoms with van der Waals surface area (Å²) in [6, 6.07) is 0. The summed E-state index contributed by atoms with van der Waals surface area (Å²) in [5.74, 6) is 0.354. The molecule has 1 saturated heterocycles. The smallest absolute Gasteiger partial charge is 0.328 e. The molecule has 0 bridgehead atoms. The number of quaternary nitrogens is 1. The summed E-state index contributed by atoms with van der Waals surface area (Å²) >= 11 is 0. The van der Waals surface area contributed by atoms with Gasteiger partial charge in [-0.1, -0.05) is 103 Å². The molecule has 0 aromatic rings. The molecule has 1 heterocycles. The van der Waals surface area contributed by atoms with Crippen molar-refractivity contribution in [2.24, 2.45) is 5.92 Å². The van der Waals surface area contributed by atoms with Crippen molar-refractivity contribution in [1.29, 1.82) is 0 Å².